The fraction of sp³-hybridized carbons (Fsp3) is 0.462. The summed E-state index contributed by atoms with van der Waals surface area (Å²) in [7, 11) is 0. The van der Waals surface area contributed by atoms with Crippen LogP contribution in [0.5, 0.6) is 0 Å². The van der Waals surface area contributed by atoms with Crippen molar-refractivity contribution in [2.24, 2.45) is 5.92 Å². The number of hydrogen-bond acceptors (Lipinski definition) is 2. The first kappa shape index (κ1) is 13.2. The van der Waals surface area contributed by atoms with Crippen molar-refractivity contribution in [3.8, 4) is 0 Å². The van der Waals surface area contributed by atoms with E-state index in [1.54, 1.807) is 17.0 Å². The molecule has 1 saturated heterocycles. The lowest BCUT2D eigenvalue weighted by molar-refractivity contribution is 0.217. The maximum atomic E-state index is 12.0. The van der Waals surface area contributed by atoms with E-state index in [1.807, 2.05) is 12.1 Å². The first-order valence-corrected chi connectivity index (χ1v) is 6.50. The Balaban J connectivity index is 1.91. The Morgan fingerprint density at radius 2 is 2.28 bits per heavy atom. The zero-order chi connectivity index (χ0) is 13.0. The van der Waals surface area contributed by atoms with Gasteiger partial charge in [-0.05, 0) is 30.9 Å². The molecule has 2 N–H and O–H groups in total. The Bertz CT molecular complexity index is 425. The van der Waals surface area contributed by atoms with Crippen LogP contribution in [0.25, 0.3) is 0 Å². The minimum absolute atomic E-state index is 0.122. The average molecular weight is 269 g/mol. The Hall–Kier alpha value is -1.26. The third-order valence-corrected chi connectivity index (χ3v) is 3.56. The van der Waals surface area contributed by atoms with Gasteiger partial charge in [0.15, 0.2) is 0 Å². The summed E-state index contributed by atoms with van der Waals surface area (Å²) in [6.07, 6.45) is 1.71. The minimum Gasteiger partial charge on any atom is -0.396 e. The van der Waals surface area contributed by atoms with Crippen LogP contribution in [0.2, 0.25) is 5.02 Å². The van der Waals surface area contributed by atoms with E-state index >= 15 is 0 Å². The predicted molar refractivity (Wildman–Crippen MR) is 71.9 cm³/mol. The molecule has 0 aliphatic carbocycles. The Labute approximate surface area is 112 Å². The first-order chi connectivity index (χ1) is 8.70. The standard InChI is InChI=1S/C13H17ClN2O2/c14-11-3-1-2-4-12(11)15-13(18)16-7-5-10(9-16)6-8-17/h1-4,10,17H,5-9H2,(H,15,18). The summed E-state index contributed by atoms with van der Waals surface area (Å²) in [6, 6.07) is 7.06. The van der Waals surface area contributed by atoms with Crippen LogP contribution in [0.3, 0.4) is 0 Å². The number of urea groups is 1. The Morgan fingerprint density at radius 3 is 3.00 bits per heavy atom. The molecule has 4 nitrogen and oxygen atoms in total. The topological polar surface area (TPSA) is 52.6 Å². The van der Waals surface area contributed by atoms with Gasteiger partial charge in [-0.15, -0.1) is 0 Å². The molecule has 0 aromatic heterocycles. The normalized spacial score (nSPS) is 19.0. The summed E-state index contributed by atoms with van der Waals surface area (Å²) in [4.78, 5) is 13.8. The van der Waals surface area contributed by atoms with Crippen LogP contribution in [-0.2, 0) is 0 Å². The number of para-hydroxylation sites is 1. The van der Waals surface area contributed by atoms with E-state index in [2.05, 4.69) is 5.32 Å². The van der Waals surface area contributed by atoms with Crippen molar-refractivity contribution in [3.05, 3.63) is 29.3 Å². The summed E-state index contributed by atoms with van der Waals surface area (Å²) in [5, 5.41) is 12.2. The summed E-state index contributed by atoms with van der Waals surface area (Å²) in [5.41, 5.74) is 0.634. The molecule has 1 aromatic carbocycles. The number of nitrogens with one attached hydrogen (secondary N) is 1. The number of aliphatic hydroxyl groups is 1. The number of rotatable bonds is 3. The van der Waals surface area contributed by atoms with Crippen LogP contribution < -0.4 is 5.32 Å². The molecule has 1 fully saturated rings. The second-order valence-corrected chi connectivity index (χ2v) is 4.93. The van der Waals surface area contributed by atoms with E-state index in [0.717, 1.165) is 19.4 Å². The number of nitrogens with zero attached hydrogens (tertiary/aromatic N) is 1. The van der Waals surface area contributed by atoms with Gasteiger partial charge in [-0.1, -0.05) is 23.7 Å². The third kappa shape index (κ3) is 3.15. The highest BCUT2D eigenvalue weighted by molar-refractivity contribution is 6.33. The zero-order valence-corrected chi connectivity index (χ0v) is 10.9. The van der Waals surface area contributed by atoms with E-state index < -0.39 is 0 Å². The molecule has 1 atom stereocenters. The molecule has 5 heteroatoms. The monoisotopic (exact) mass is 268 g/mol. The van der Waals surface area contributed by atoms with Gasteiger partial charge in [-0.3, -0.25) is 0 Å². The highest BCUT2D eigenvalue weighted by Gasteiger charge is 2.25. The molecule has 1 aromatic rings. The van der Waals surface area contributed by atoms with Crippen LogP contribution in [0, 0.1) is 5.92 Å². The number of benzene rings is 1. The number of hydrogen-bond donors (Lipinski definition) is 2. The molecule has 0 saturated carbocycles. The minimum atomic E-state index is -0.122. The predicted octanol–water partition coefficient (Wildman–Crippen LogP) is 2.58. The van der Waals surface area contributed by atoms with Gasteiger partial charge in [0.1, 0.15) is 0 Å². The molecule has 0 bridgehead atoms. The molecule has 1 aliphatic rings. The molecule has 18 heavy (non-hydrogen) atoms. The molecule has 2 rings (SSSR count). The lowest BCUT2D eigenvalue weighted by Crippen LogP contribution is -2.33. The van der Waals surface area contributed by atoms with Crippen LogP contribution in [0.4, 0.5) is 10.5 Å². The van der Waals surface area contributed by atoms with E-state index in [-0.39, 0.29) is 12.6 Å². The average Bonchev–Trinajstić information content (AvgIpc) is 2.81. The van der Waals surface area contributed by atoms with Gasteiger partial charge in [0.05, 0.1) is 10.7 Å². The van der Waals surface area contributed by atoms with E-state index in [1.165, 1.54) is 0 Å². The molecule has 0 spiro atoms. The second-order valence-electron chi connectivity index (χ2n) is 4.52. The number of anilines is 1. The largest absolute Gasteiger partial charge is 0.396 e. The van der Waals surface area contributed by atoms with Crippen LogP contribution in [-0.4, -0.2) is 35.7 Å². The van der Waals surface area contributed by atoms with Crippen molar-refractivity contribution in [1.29, 1.82) is 0 Å². The van der Waals surface area contributed by atoms with Gasteiger partial charge in [0, 0.05) is 19.7 Å². The molecule has 98 valence electrons. The number of aliphatic hydroxyl groups excluding tert-OH is 1. The number of amides is 2. The summed E-state index contributed by atoms with van der Waals surface area (Å²) >= 11 is 5.99. The van der Waals surface area contributed by atoms with E-state index in [0.29, 0.717) is 23.2 Å². The molecule has 1 heterocycles. The van der Waals surface area contributed by atoms with Crippen molar-refractivity contribution in [2.45, 2.75) is 12.8 Å². The quantitative estimate of drug-likeness (QED) is 0.885. The SMILES string of the molecule is O=C(Nc1ccccc1Cl)N1CCC(CCO)C1. The van der Waals surface area contributed by atoms with Crippen molar-refractivity contribution in [2.75, 3.05) is 25.0 Å². The smallest absolute Gasteiger partial charge is 0.321 e. The van der Waals surface area contributed by atoms with Gasteiger partial charge >= 0.3 is 6.03 Å². The van der Waals surface area contributed by atoms with Gasteiger partial charge in [-0.2, -0.15) is 0 Å². The van der Waals surface area contributed by atoms with Crippen molar-refractivity contribution >= 4 is 23.3 Å². The van der Waals surface area contributed by atoms with Gasteiger partial charge < -0.3 is 15.3 Å². The summed E-state index contributed by atoms with van der Waals surface area (Å²) in [6.45, 7) is 1.63. The molecular formula is C13H17ClN2O2. The third-order valence-electron chi connectivity index (χ3n) is 3.23. The van der Waals surface area contributed by atoms with Crippen LogP contribution in [0.1, 0.15) is 12.8 Å². The molecule has 1 aliphatic heterocycles. The van der Waals surface area contributed by atoms with Crippen LogP contribution >= 0.6 is 11.6 Å². The van der Waals surface area contributed by atoms with Crippen LogP contribution in [0.15, 0.2) is 24.3 Å². The maximum Gasteiger partial charge on any atom is 0.321 e. The Kier molecular flexibility index (Phi) is 4.44. The molecule has 2 amide bonds. The highest BCUT2D eigenvalue weighted by Crippen LogP contribution is 2.23. The van der Waals surface area contributed by atoms with Crippen molar-refractivity contribution in [1.82, 2.24) is 4.90 Å². The fourth-order valence-corrected chi connectivity index (χ4v) is 2.38. The van der Waals surface area contributed by atoms with Gasteiger partial charge in [-0.25, -0.2) is 4.79 Å². The van der Waals surface area contributed by atoms with Crippen molar-refractivity contribution < 1.29 is 9.90 Å². The zero-order valence-electron chi connectivity index (χ0n) is 10.1. The summed E-state index contributed by atoms with van der Waals surface area (Å²) < 4.78 is 0. The lowest BCUT2D eigenvalue weighted by Gasteiger charge is -2.17. The molecule has 1 unspecified atom stereocenters. The Morgan fingerprint density at radius 1 is 1.50 bits per heavy atom. The molecular weight excluding hydrogens is 252 g/mol. The number of carbonyl (C=O) groups excluding carboxylic acids is 1. The molecule has 0 radical (unpaired) electrons. The summed E-state index contributed by atoms with van der Waals surface area (Å²) in [5.74, 6) is 0.409. The van der Waals surface area contributed by atoms with Gasteiger partial charge in [0.2, 0.25) is 0 Å². The number of carbonyl (C=O) groups is 1. The maximum absolute atomic E-state index is 12.0. The number of likely N-dealkylation sites (tertiary alicyclic amines) is 1. The van der Waals surface area contributed by atoms with Crippen molar-refractivity contribution in [3.63, 3.8) is 0 Å². The first-order valence-electron chi connectivity index (χ1n) is 6.12. The fourth-order valence-electron chi connectivity index (χ4n) is 2.19. The van der Waals surface area contributed by atoms with Gasteiger partial charge in [0.25, 0.3) is 0 Å². The van der Waals surface area contributed by atoms with E-state index in [9.17, 15) is 4.79 Å². The number of halogens is 1. The second kappa shape index (κ2) is 6.07. The highest BCUT2D eigenvalue weighted by atomic mass is 35.5. The van der Waals surface area contributed by atoms with E-state index in [4.69, 9.17) is 16.7 Å². The lowest BCUT2D eigenvalue weighted by atomic mass is 10.1.